The van der Waals surface area contributed by atoms with Gasteiger partial charge in [0, 0.05) is 12.6 Å². The number of piperidine rings is 1. The van der Waals surface area contributed by atoms with E-state index in [4.69, 9.17) is 10.00 Å². The lowest BCUT2D eigenvalue weighted by atomic mass is 9.78. The third kappa shape index (κ3) is 3.50. The molecule has 122 valence electrons. The molecule has 2 fully saturated rings. The van der Waals surface area contributed by atoms with Gasteiger partial charge in [0.2, 0.25) is 0 Å². The van der Waals surface area contributed by atoms with Crippen LogP contribution in [0.25, 0.3) is 0 Å². The Labute approximate surface area is 138 Å². The second-order valence-corrected chi connectivity index (χ2v) is 6.68. The van der Waals surface area contributed by atoms with Crippen molar-refractivity contribution in [1.29, 1.82) is 5.26 Å². The Balaban J connectivity index is 1.65. The minimum absolute atomic E-state index is 0.103. The second-order valence-electron chi connectivity index (χ2n) is 6.68. The number of fused-ring (bicyclic) bond motifs is 1. The average Bonchev–Trinajstić information content (AvgIpc) is 2.61. The van der Waals surface area contributed by atoms with Crippen LogP contribution in [-0.2, 0) is 4.79 Å². The molecule has 1 aliphatic heterocycles. The standard InChI is InChI=1S/C19H24N2O2/c1-14(23-17-10-8-15(13-20)9-11-17)19(22)21-12-4-6-16-5-2-3-7-18(16)21/h8-11,14,16,18H,2-7,12H2,1H3/t14-,16+,18+/m0/s1. The molecule has 0 N–H and O–H groups in total. The van der Waals surface area contributed by atoms with Crippen LogP contribution in [0, 0.1) is 17.2 Å². The summed E-state index contributed by atoms with van der Waals surface area (Å²) in [6.07, 6.45) is 6.83. The molecule has 1 aromatic rings. The Kier molecular flexibility index (Phi) is 4.85. The number of hydrogen-bond donors (Lipinski definition) is 0. The lowest BCUT2D eigenvalue weighted by molar-refractivity contribution is -0.144. The lowest BCUT2D eigenvalue weighted by Gasteiger charge is -2.44. The zero-order valence-electron chi connectivity index (χ0n) is 13.7. The monoisotopic (exact) mass is 312 g/mol. The number of nitriles is 1. The molecule has 4 nitrogen and oxygen atoms in total. The van der Waals surface area contributed by atoms with E-state index in [9.17, 15) is 4.79 Å². The molecule has 0 bridgehead atoms. The maximum atomic E-state index is 12.8. The fourth-order valence-corrected chi connectivity index (χ4v) is 3.99. The van der Waals surface area contributed by atoms with E-state index >= 15 is 0 Å². The van der Waals surface area contributed by atoms with Crippen LogP contribution >= 0.6 is 0 Å². The van der Waals surface area contributed by atoms with Gasteiger partial charge in [-0.15, -0.1) is 0 Å². The Morgan fingerprint density at radius 2 is 1.91 bits per heavy atom. The van der Waals surface area contributed by atoms with Crippen molar-refractivity contribution < 1.29 is 9.53 Å². The van der Waals surface area contributed by atoms with Crippen LogP contribution < -0.4 is 4.74 Å². The third-order valence-corrected chi connectivity index (χ3v) is 5.17. The van der Waals surface area contributed by atoms with Crippen molar-refractivity contribution in [1.82, 2.24) is 4.90 Å². The van der Waals surface area contributed by atoms with E-state index in [0.717, 1.165) is 19.4 Å². The lowest BCUT2D eigenvalue weighted by Crippen LogP contribution is -2.53. The van der Waals surface area contributed by atoms with Crippen molar-refractivity contribution in [3.05, 3.63) is 29.8 Å². The molecule has 2 aliphatic rings. The molecule has 1 saturated carbocycles. The smallest absolute Gasteiger partial charge is 0.263 e. The van der Waals surface area contributed by atoms with Gasteiger partial charge in [-0.1, -0.05) is 12.8 Å². The third-order valence-electron chi connectivity index (χ3n) is 5.17. The highest BCUT2D eigenvalue weighted by molar-refractivity contribution is 5.81. The van der Waals surface area contributed by atoms with Gasteiger partial charge >= 0.3 is 0 Å². The van der Waals surface area contributed by atoms with E-state index < -0.39 is 6.10 Å². The second kappa shape index (κ2) is 7.04. The first-order valence-electron chi connectivity index (χ1n) is 8.66. The largest absolute Gasteiger partial charge is 0.481 e. The SMILES string of the molecule is C[C@H](Oc1ccc(C#N)cc1)C(=O)N1CCC[C@H]2CCCC[C@H]21. The summed E-state index contributed by atoms with van der Waals surface area (Å²) in [6.45, 7) is 2.69. The Hall–Kier alpha value is -2.02. The molecule has 1 heterocycles. The Morgan fingerprint density at radius 3 is 2.65 bits per heavy atom. The van der Waals surface area contributed by atoms with Gasteiger partial charge in [-0.2, -0.15) is 5.26 Å². The van der Waals surface area contributed by atoms with Gasteiger partial charge in [0.25, 0.3) is 5.91 Å². The van der Waals surface area contributed by atoms with E-state index in [0.29, 0.717) is 23.3 Å². The van der Waals surface area contributed by atoms with Gasteiger partial charge in [-0.25, -0.2) is 0 Å². The van der Waals surface area contributed by atoms with Gasteiger partial charge in [0.05, 0.1) is 11.6 Å². The molecule has 0 aromatic heterocycles. The van der Waals surface area contributed by atoms with Gasteiger partial charge in [0.15, 0.2) is 6.10 Å². The highest BCUT2D eigenvalue weighted by Crippen LogP contribution is 2.35. The Bertz CT molecular complexity index is 588. The van der Waals surface area contributed by atoms with Crippen LogP contribution in [0.2, 0.25) is 0 Å². The van der Waals surface area contributed by atoms with E-state index in [-0.39, 0.29) is 5.91 Å². The molecular formula is C19H24N2O2. The van der Waals surface area contributed by atoms with E-state index in [1.165, 1.54) is 25.7 Å². The van der Waals surface area contributed by atoms with Gasteiger partial charge in [0.1, 0.15) is 5.75 Å². The van der Waals surface area contributed by atoms with Crippen molar-refractivity contribution in [2.24, 2.45) is 5.92 Å². The van der Waals surface area contributed by atoms with Crippen LogP contribution in [0.1, 0.15) is 51.0 Å². The van der Waals surface area contributed by atoms with Crippen LogP contribution in [-0.4, -0.2) is 29.5 Å². The summed E-state index contributed by atoms with van der Waals surface area (Å²) in [7, 11) is 0. The number of benzene rings is 1. The molecule has 23 heavy (non-hydrogen) atoms. The topological polar surface area (TPSA) is 53.3 Å². The molecule has 0 radical (unpaired) electrons. The summed E-state index contributed by atoms with van der Waals surface area (Å²) in [5.74, 6) is 1.43. The summed E-state index contributed by atoms with van der Waals surface area (Å²) >= 11 is 0. The maximum absolute atomic E-state index is 12.8. The van der Waals surface area contributed by atoms with Gasteiger partial charge in [-0.3, -0.25) is 4.79 Å². The molecule has 3 atom stereocenters. The highest BCUT2D eigenvalue weighted by atomic mass is 16.5. The molecule has 4 heteroatoms. The minimum Gasteiger partial charge on any atom is -0.481 e. The van der Waals surface area contributed by atoms with Crippen LogP contribution in [0.15, 0.2) is 24.3 Å². The molecular weight excluding hydrogens is 288 g/mol. The van der Waals surface area contributed by atoms with Crippen molar-refractivity contribution in [2.75, 3.05) is 6.54 Å². The van der Waals surface area contributed by atoms with Crippen LogP contribution in [0.3, 0.4) is 0 Å². The quantitative estimate of drug-likeness (QED) is 0.858. The number of hydrogen-bond acceptors (Lipinski definition) is 3. The number of likely N-dealkylation sites (tertiary alicyclic amines) is 1. The van der Waals surface area contributed by atoms with Crippen molar-refractivity contribution in [3.63, 3.8) is 0 Å². The highest BCUT2D eigenvalue weighted by Gasteiger charge is 2.37. The minimum atomic E-state index is -0.483. The number of rotatable bonds is 3. The number of ether oxygens (including phenoxy) is 1. The zero-order valence-corrected chi connectivity index (χ0v) is 13.7. The van der Waals surface area contributed by atoms with Crippen LogP contribution in [0.4, 0.5) is 0 Å². The molecule has 1 aliphatic carbocycles. The molecule has 1 saturated heterocycles. The van der Waals surface area contributed by atoms with Gasteiger partial charge < -0.3 is 9.64 Å². The summed E-state index contributed by atoms with van der Waals surface area (Å²) in [5, 5.41) is 8.83. The number of carbonyl (C=O) groups is 1. The van der Waals surface area contributed by atoms with Crippen molar-refractivity contribution >= 4 is 5.91 Å². The molecule has 1 aromatic carbocycles. The first-order valence-corrected chi connectivity index (χ1v) is 8.66. The first-order chi connectivity index (χ1) is 11.2. The maximum Gasteiger partial charge on any atom is 0.263 e. The van der Waals surface area contributed by atoms with E-state index in [1.807, 2.05) is 6.92 Å². The van der Waals surface area contributed by atoms with E-state index in [1.54, 1.807) is 24.3 Å². The molecule has 0 unspecified atom stereocenters. The molecule has 1 amide bonds. The van der Waals surface area contributed by atoms with Gasteiger partial charge in [-0.05, 0) is 62.8 Å². The summed E-state index contributed by atoms with van der Waals surface area (Å²) in [6, 6.07) is 9.43. The number of carbonyl (C=O) groups excluding carboxylic acids is 1. The summed E-state index contributed by atoms with van der Waals surface area (Å²) in [5.41, 5.74) is 0.595. The number of amides is 1. The fourth-order valence-electron chi connectivity index (χ4n) is 3.99. The predicted molar refractivity (Wildman–Crippen MR) is 87.9 cm³/mol. The van der Waals surface area contributed by atoms with Crippen molar-refractivity contribution in [3.8, 4) is 11.8 Å². The summed E-state index contributed by atoms with van der Waals surface area (Å²) < 4.78 is 5.81. The number of nitrogens with zero attached hydrogens (tertiary/aromatic N) is 2. The van der Waals surface area contributed by atoms with Crippen LogP contribution in [0.5, 0.6) is 5.75 Å². The Morgan fingerprint density at radius 1 is 1.22 bits per heavy atom. The first kappa shape index (κ1) is 15.9. The normalized spacial score (nSPS) is 25.1. The molecule has 0 spiro atoms. The predicted octanol–water partition coefficient (Wildman–Crippen LogP) is 3.51. The van der Waals surface area contributed by atoms with E-state index in [2.05, 4.69) is 11.0 Å². The molecule has 3 rings (SSSR count). The fraction of sp³-hybridized carbons (Fsp3) is 0.579. The average molecular weight is 312 g/mol. The zero-order chi connectivity index (χ0) is 16.2. The summed E-state index contributed by atoms with van der Waals surface area (Å²) in [4.78, 5) is 14.9. The van der Waals surface area contributed by atoms with Crippen molar-refractivity contribution in [2.45, 2.75) is 57.6 Å².